The Morgan fingerprint density at radius 1 is 0.325 bits per heavy atom. The molecule has 0 aromatic carbocycles. The number of allylic oxidation sites excluding steroid dienone is 11. The van der Waals surface area contributed by atoms with Gasteiger partial charge in [0, 0.05) is 27.9 Å². The van der Waals surface area contributed by atoms with Crippen LogP contribution >= 0.6 is 0 Å². The summed E-state index contributed by atoms with van der Waals surface area (Å²) in [5.41, 5.74) is 10.8. The van der Waals surface area contributed by atoms with Gasteiger partial charge in [-0.3, -0.25) is 0 Å². The van der Waals surface area contributed by atoms with Crippen molar-refractivity contribution in [3.8, 4) is 0 Å². The Morgan fingerprint density at radius 3 is 0.812 bits per heavy atom. The highest BCUT2D eigenvalue weighted by Gasteiger charge is 2.58. The van der Waals surface area contributed by atoms with Gasteiger partial charge in [0.05, 0.1) is 29.5 Å². The molecule has 5 heterocycles. The first-order valence-electron chi connectivity index (χ1n) is 45.2. The largest absolute Gasteiger partial charge is 0.491 e. The van der Waals surface area contributed by atoms with Crippen molar-refractivity contribution in [3.05, 3.63) is 180 Å². The van der Waals surface area contributed by atoms with Crippen LogP contribution in [0.3, 0.4) is 0 Å². The molecule has 15 nitrogen and oxygen atoms in total. The predicted octanol–water partition coefficient (Wildman–Crippen LogP) is 18.7. The van der Waals surface area contributed by atoms with Gasteiger partial charge in [0.2, 0.25) is 0 Å². The lowest BCUT2D eigenvalue weighted by Crippen LogP contribution is -2.54. The molecule has 9 saturated carbocycles. The molecular weight excluding hydrogens is 1470 g/mol. The molecule has 0 unspecified atom stereocenters. The fourth-order valence-corrected chi connectivity index (χ4v) is 26.5. The number of rotatable bonds is 10. The van der Waals surface area contributed by atoms with Crippen LogP contribution in [0.25, 0.3) is 0 Å². The van der Waals surface area contributed by atoms with E-state index in [-0.39, 0.29) is 45.4 Å². The van der Waals surface area contributed by atoms with Gasteiger partial charge in [0.15, 0.2) is 0 Å². The molecule has 5 saturated heterocycles. The van der Waals surface area contributed by atoms with Crippen LogP contribution in [0.2, 0.25) is 0 Å². The number of hydrogen-bond acceptors (Lipinski definition) is 15. The zero-order chi connectivity index (χ0) is 85.7. The average molecular weight is 1620 g/mol. The van der Waals surface area contributed by atoms with Crippen LogP contribution in [0, 0.1) is 116 Å². The van der Waals surface area contributed by atoms with Gasteiger partial charge in [-0.2, -0.15) is 0 Å². The van der Waals surface area contributed by atoms with Gasteiger partial charge >= 0.3 is 0 Å². The minimum absolute atomic E-state index is 0.163. The highest BCUT2D eigenvalue weighted by Crippen LogP contribution is 2.64. The first-order valence-corrected chi connectivity index (χ1v) is 45.2. The number of aliphatic hydroxyl groups excluding tert-OH is 8. The molecule has 0 amide bonds. The minimum Gasteiger partial charge on any atom is -0.491 e. The van der Waals surface area contributed by atoms with E-state index in [1.807, 2.05) is 13.8 Å². The molecule has 10 N–H and O–H groups in total. The van der Waals surface area contributed by atoms with Crippen molar-refractivity contribution in [1.29, 1.82) is 0 Å². The van der Waals surface area contributed by atoms with Crippen molar-refractivity contribution in [2.75, 3.05) is 33.0 Å². The van der Waals surface area contributed by atoms with Crippen LogP contribution in [0.5, 0.6) is 0 Å². The zero-order valence-corrected chi connectivity index (χ0v) is 74.1. The van der Waals surface area contributed by atoms with Gasteiger partial charge in [-0.1, -0.05) is 193 Å². The third kappa shape index (κ3) is 18.5. The second-order valence-electron chi connectivity index (χ2n) is 41.2. The molecular formula is C102H154O15. The molecule has 10 aliphatic carbocycles. The molecule has 0 bridgehead atoms. The van der Waals surface area contributed by atoms with Crippen molar-refractivity contribution < 1.29 is 74.7 Å². The van der Waals surface area contributed by atoms with Crippen LogP contribution in [-0.2, 0) is 23.7 Å². The van der Waals surface area contributed by atoms with E-state index in [1.54, 1.807) is 0 Å². The number of aliphatic hydroxyl groups is 10. The molecule has 15 heteroatoms. The Bertz CT molecular complexity index is 3710. The van der Waals surface area contributed by atoms with Gasteiger partial charge in [0.1, 0.15) is 92.4 Å². The zero-order valence-electron chi connectivity index (χ0n) is 74.1. The Kier molecular flexibility index (Phi) is 28.9. The predicted molar refractivity (Wildman–Crippen MR) is 468 cm³/mol. The quantitative estimate of drug-likeness (QED) is 0.0914. The van der Waals surface area contributed by atoms with Gasteiger partial charge < -0.3 is 74.7 Å². The van der Waals surface area contributed by atoms with Crippen molar-refractivity contribution in [1.82, 2.24) is 0 Å². The van der Waals surface area contributed by atoms with Gasteiger partial charge in [-0.05, 0) is 291 Å². The molecule has 0 spiro atoms. The Labute approximate surface area is 704 Å². The highest BCUT2D eigenvalue weighted by molar-refractivity contribution is 5.37. The van der Waals surface area contributed by atoms with E-state index in [1.165, 1.54) is 27.9 Å². The maximum absolute atomic E-state index is 10.7. The lowest BCUT2D eigenvalue weighted by Gasteiger charge is -2.58. The van der Waals surface area contributed by atoms with Crippen molar-refractivity contribution in [3.63, 3.8) is 0 Å². The Balaban J connectivity index is 0.000000144. The van der Waals surface area contributed by atoms with Crippen LogP contribution in [0.1, 0.15) is 244 Å². The lowest BCUT2D eigenvalue weighted by molar-refractivity contribution is -0.125. The lowest BCUT2D eigenvalue weighted by atomic mass is 9.48. The molecule has 15 rings (SSSR count). The van der Waals surface area contributed by atoms with E-state index < -0.39 is 41.7 Å². The molecule has 5 aliphatic heterocycles. The third-order valence-corrected chi connectivity index (χ3v) is 35.1. The van der Waals surface area contributed by atoms with Gasteiger partial charge in [-0.25, -0.2) is 0 Å². The Morgan fingerprint density at radius 2 is 0.556 bits per heavy atom. The van der Waals surface area contributed by atoms with Gasteiger partial charge in [-0.15, -0.1) is 0 Å². The smallest absolute Gasteiger partial charge is 0.118 e. The summed E-state index contributed by atoms with van der Waals surface area (Å²) in [6.45, 7) is 67.6. The van der Waals surface area contributed by atoms with E-state index in [9.17, 15) is 51.1 Å². The number of fused-ring (bicyclic) bond motifs is 5. The summed E-state index contributed by atoms with van der Waals surface area (Å²) in [6, 6.07) is 0. The fourth-order valence-electron chi connectivity index (χ4n) is 26.5. The summed E-state index contributed by atoms with van der Waals surface area (Å²) >= 11 is 0. The van der Waals surface area contributed by atoms with Crippen molar-refractivity contribution in [2.24, 2.45) is 116 Å². The molecule has 14 fully saturated rings. The molecule has 0 radical (unpaired) electrons. The first-order chi connectivity index (χ1) is 54.9. The fraction of sp³-hybridized carbons (Fsp3) is 0.706. The van der Waals surface area contributed by atoms with Crippen LogP contribution in [0.15, 0.2) is 180 Å². The maximum Gasteiger partial charge on any atom is 0.118 e. The van der Waals surface area contributed by atoms with Gasteiger partial charge in [0.25, 0.3) is 0 Å². The van der Waals surface area contributed by atoms with E-state index in [0.29, 0.717) is 151 Å². The van der Waals surface area contributed by atoms with Crippen LogP contribution in [-0.4, -0.2) is 144 Å². The summed E-state index contributed by atoms with van der Waals surface area (Å²) in [4.78, 5) is 0. The van der Waals surface area contributed by atoms with Crippen LogP contribution in [0.4, 0.5) is 0 Å². The Hall–Kier alpha value is -5.30. The molecule has 0 aromatic rings. The van der Waals surface area contributed by atoms with E-state index in [2.05, 4.69) is 172 Å². The molecule has 30 atom stereocenters. The molecule has 15 aliphatic rings. The normalized spacial score (nSPS) is 46.6. The molecule has 652 valence electrons. The minimum atomic E-state index is -0.560. The standard InChI is InChI=1S/2C21H32O3.3C20H30O3/c2*1-13-6-8-18-14(2)21(5,23)11-10-20(18,4)17(13)9-7-16-15(3)24-12-19(16)22;3*1-12-5-7-17-13(2)18(21)9-10-20(17,4)16(12)8-6-15-14(3)23-11-19(15)22/h2*7,14,17-19,22-23H,1,3,6,8-12H2,2,4-5H3;5-6,13,16-19,21-22H,3,7-11H2,1-2,4H3;2*6,13,16-19,21-22H,1,3,5,7-11H2,2,4H3/b2*16-7-;3*15-6-/t14-,17-,18-,19-,20+,21+;14-,17-,18-,19-,20+,21-;13-,16-,17-,18-,19-,20+;13-,16-,17-,18+,19-,20+;13-,16-,17-,18-,19-,20+/m11111/s1. The van der Waals surface area contributed by atoms with E-state index in [0.717, 1.165) is 182 Å². The summed E-state index contributed by atoms with van der Waals surface area (Å²) in [7, 11) is 0. The number of ether oxygens (including phenoxy) is 5. The topological polar surface area (TPSA) is 248 Å². The first kappa shape index (κ1) is 92.4. The van der Waals surface area contributed by atoms with Crippen LogP contribution < -0.4 is 0 Å². The maximum atomic E-state index is 10.7. The van der Waals surface area contributed by atoms with E-state index >= 15 is 0 Å². The highest BCUT2D eigenvalue weighted by atomic mass is 16.5. The summed E-state index contributed by atoms with van der Waals surface area (Å²) in [5.74, 6) is 9.41. The molecule has 117 heavy (non-hydrogen) atoms. The third-order valence-electron chi connectivity index (χ3n) is 35.1. The monoisotopic (exact) mass is 1620 g/mol. The second-order valence-corrected chi connectivity index (χ2v) is 41.2. The second kappa shape index (κ2) is 36.6. The average Bonchev–Trinajstić information content (AvgIpc) is 0.960. The summed E-state index contributed by atoms with van der Waals surface area (Å²) < 4.78 is 26.7. The number of hydrogen-bond donors (Lipinski definition) is 10. The summed E-state index contributed by atoms with van der Waals surface area (Å²) in [5, 5.41) is 102. The van der Waals surface area contributed by atoms with E-state index in [4.69, 9.17) is 23.7 Å². The molecule has 0 aromatic heterocycles. The summed E-state index contributed by atoms with van der Waals surface area (Å²) in [6.07, 6.45) is 33.5. The van der Waals surface area contributed by atoms with Crippen molar-refractivity contribution >= 4 is 0 Å². The van der Waals surface area contributed by atoms with Crippen molar-refractivity contribution in [2.45, 2.75) is 304 Å². The SMILES string of the molecule is C=C1OC[C@@H](O)/C1=C\C[C@@H]1C(=C)CC[C@@H]2[C@@H](C)[C@@H](O)CC[C@@]12C.C=C1OC[C@@H](O)/C1=C\C[C@@H]1C(=C)CC[C@@H]2[C@@H](C)[C@@](C)(O)CC[C@@]12C.C=C1OC[C@@H](O)/C1=C\C[C@@H]1C(=C)CC[C@@H]2[C@@H](C)[C@H](O)CC[C@@]12C.C=C1OC[C@@H](O)/C1=C\C[C@@H]1C(=C)CC[C@@H]2[C@@H](C)[C@](C)(O)CC[C@@]12C.C=C1OC[C@@H](O)/C1=C\C[C@@H]1C(C)=CC[C@@H]2[C@@H](C)[C@H](O)CC[C@@]12C.